The molecule has 3 aromatic rings. The monoisotopic (exact) mass is 856 g/mol. The number of aliphatic hydroxyl groups excluding tert-OH is 2. The van der Waals surface area contributed by atoms with E-state index in [9.17, 15) is 14.4 Å². The number of nitrogens with one attached hydrogen (secondary N) is 2. The summed E-state index contributed by atoms with van der Waals surface area (Å²) in [6.45, 7) is 7.30. The summed E-state index contributed by atoms with van der Waals surface area (Å²) in [7, 11) is 0. The molecule has 60 heavy (non-hydrogen) atoms. The van der Waals surface area contributed by atoms with Crippen LogP contribution >= 0.6 is 11.6 Å². The van der Waals surface area contributed by atoms with Crippen LogP contribution in [0.15, 0.2) is 48.5 Å². The Morgan fingerprint density at radius 2 is 1.18 bits per heavy atom. The summed E-state index contributed by atoms with van der Waals surface area (Å²) in [5.74, 6) is -0.393. The van der Waals surface area contributed by atoms with Gasteiger partial charge in [0.05, 0.1) is 92.2 Å². The largest absolute Gasteiger partial charge is 0.394 e. The summed E-state index contributed by atoms with van der Waals surface area (Å²) >= 11 is 6.10. The minimum absolute atomic E-state index is 0.00617. The highest BCUT2D eigenvalue weighted by molar-refractivity contribution is 6.31. The van der Waals surface area contributed by atoms with E-state index in [0.29, 0.717) is 70.3 Å². The van der Waals surface area contributed by atoms with E-state index in [1.54, 1.807) is 0 Å². The highest BCUT2D eigenvalue weighted by Gasteiger charge is 2.36. The third-order valence-electron chi connectivity index (χ3n) is 10.4. The van der Waals surface area contributed by atoms with Crippen LogP contribution in [0.4, 0.5) is 11.6 Å². The molecule has 1 aromatic heterocycles. The van der Waals surface area contributed by atoms with Gasteiger partial charge in [-0.05, 0) is 61.1 Å². The van der Waals surface area contributed by atoms with Gasteiger partial charge < -0.3 is 55.7 Å². The summed E-state index contributed by atoms with van der Waals surface area (Å²) < 4.78 is 22.1. The van der Waals surface area contributed by atoms with Crippen LogP contribution in [0.3, 0.4) is 0 Å². The summed E-state index contributed by atoms with van der Waals surface area (Å²) in [6, 6.07) is 15.4. The van der Waals surface area contributed by atoms with Crippen molar-refractivity contribution in [3.05, 3.63) is 81.6 Å². The molecule has 1 aliphatic rings. The van der Waals surface area contributed by atoms with Crippen molar-refractivity contribution in [1.82, 2.24) is 20.6 Å². The van der Waals surface area contributed by atoms with Crippen LogP contribution in [0.5, 0.6) is 0 Å². The number of hydrogen-bond acceptors (Lipinski definition) is 13. The van der Waals surface area contributed by atoms with E-state index in [-0.39, 0.29) is 72.4 Å². The number of aryl methyl sites for hydroxylation is 2. The molecule has 0 saturated carbocycles. The Morgan fingerprint density at radius 3 is 1.67 bits per heavy atom. The van der Waals surface area contributed by atoms with Crippen molar-refractivity contribution in [2.24, 2.45) is 5.92 Å². The molecule has 0 bridgehead atoms. The topological polar surface area (TPSA) is 230 Å². The van der Waals surface area contributed by atoms with Crippen molar-refractivity contribution in [3.63, 3.8) is 0 Å². The van der Waals surface area contributed by atoms with E-state index in [2.05, 4.69) is 20.6 Å². The maximum Gasteiger partial charge on any atom is 0.251 e. The first-order valence-electron chi connectivity index (χ1n) is 20.9. The molecule has 2 heterocycles. The standard InChI is InChI=1S/C43H62ClN7O9/c44-39-41(46)50-40(45)38(49-39)37(54)30-34-6-3-19-51(31-34,17-1-4-32-7-11-35(12-8-32)42(55)47-15-22-57-26-28-59-24-20-52)18-2-5-33-9-13-36(14-10-33)43(56)48-16-23-58-27-29-60-25-21-53/h7-14,34,52-53H,1-6,15-31H2,(H5-,45,46,47,48,50,54,55,56)/p+1. The minimum Gasteiger partial charge on any atom is -0.394 e. The number of likely N-dealkylation sites (tertiary alicyclic amines) is 1. The lowest BCUT2D eigenvalue weighted by atomic mass is 9.89. The average molecular weight is 857 g/mol. The van der Waals surface area contributed by atoms with Gasteiger partial charge in [0.1, 0.15) is 5.69 Å². The molecule has 1 aliphatic heterocycles. The fourth-order valence-corrected chi connectivity index (χ4v) is 7.60. The Balaban J connectivity index is 1.30. The third kappa shape index (κ3) is 17.0. The number of nitrogen functional groups attached to an aromatic ring is 2. The van der Waals surface area contributed by atoms with Gasteiger partial charge in [-0.2, -0.15) is 0 Å². The van der Waals surface area contributed by atoms with Gasteiger partial charge in [-0.15, -0.1) is 0 Å². The Morgan fingerprint density at radius 1 is 0.700 bits per heavy atom. The molecule has 0 spiro atoms. The molecular weight excluding hydrogens is 794 g/mol. The fourth-order valence-electron chi connectivity index (χ4n) is 7.47. The van der Waals surface area contributed by atoms with Gasteiger partial charge in [0.15, 0.2) is 22.6 Å². The number of piperidine rings is 1. The van der Waals surface area contributed by atoms with Crippen LogP contribution in [-0.2, 0) is 31.8 Å². The highest BCUT2D eigenvalue weighted by Crippen LogP contribution is 2.30. The lowest BCUT2D eigenvalue weighted by molar-refractivity contribution is -0.936. The predicted molar refractivity (Wildman–Crippen MR) is 229 cm³/mol. The van der Waals surface area contributed by atoms with Crippen molar-refractivity contribution in [3.8, 4) is 0 Å². The number of ketones is 1. The molecule has 1 saturated heterocycles. The summed E-state index contributed by atoms with van der Waals surface area (Å²) in [6.07, 6.45) is 5.77. The van der Waals surface area contributed by atoms with E-state index in [0.717, 1.165) is 80.3 Å². The van der Waals surface area contributed by atoms with Crippen molar-refractivity contribution in [1.29, 1.82) is 0 Å². The molecular formula is C43H63ClN7O9+. The first-order valence-corrected chi connectivity index (χ1v) is 21.2. The molecule has 0 radical (unpaired) electrons. The van der Waals surface area contributed by atoms with Crippen LogP contribution in [0.1, 0.15) is 74.4 Å². The lowest BCUT2D eigenvalue weighted by Crippen LogP contribution is -2.55. The number of aromatic nitrogens is 2. The van der Waals surface area contributed by atoms with E-state index >= 15 is 0 Å². The number of Topliss-reactive ketones (excluding diaryl/α,β-unsaturated/α-hetero) is 1. The third-order valence-corrected chi connectivity index (χ3v) is 10.7. The lowest BCUT2D eigenvalue weighted by Gasteiger charge is -2.45. The zero-order valence-electron chi connectivity index (χ0n) is 34.6. The van der Waals surface area contributed by atoms with Gasteiger partial charge in [0.2, 0.25) is 0 Å². The number of halogens is 1. The number of anilines is 2. The van der Waals surface area contributed by atoms with Gasteiger partial charge in [0, 0.05) is 49.4 Å². The number of amides is 2. The van der Waals surface area contributed by atoms with Crippen molar-refractivity contribution >= 4 is 40.8 Å². The summed E-state index contributed by atoms with van der Waals surface area (Å²) in [4.78, 5) is 47.0. The number of ether oxygens (including phenoxy) is 4. The predicted octanol–water partition coefficient (Wildman–Crippen LogP) is 2.87. The Hall–Kier alpha value is -4.26. The zero-order chi connectivity index (χ0) is 43.0. The first-order chi connectivity index (χ1) is 29.1. The number of nitrogens with two attached hydrogens (primary N) is 2. The molecule has 17 heteroatoms. The molecule has 8 N–H and O–H groups in total. The number of nitrogens with zero attached hydrogens (tertiary/aromatic N) is 3. The molecule has 1 fully saturated rings. The molecule has 4 rings (SSSR count). The van der Waals surface area contributed by atoms with Crippen molar-refractivity contribution in [2.45, 2.75) is 44.9 Å². The number of aliphatic hydroxyl groups is 2. The second kappa shape index (κ2) is 26.8. The maximum absolute atomic E-state index is 13.4. The van der Waals surface area contributed by atoms with Gasteiger partial charge >= 0.3 is 0 Å². The van der Waals surface area contributed by atoms with Crippen molar-refractivity contribution in [2.75, 3.05) is 117 Å². The number of benzene rings is 2. The minimum atomic E-state index is -0.187. The molecule has 330 valence electrons. The van der Waals surface area contributed by atoms with Gasteiger partial charge in [-0.1, -0.05) is 35.9 Å². The van der Waals surface area contributed by atoms with E-state index < -0.39 is 0 Å². The highest BCUT2D eigenvalue weighted by atomic mass is 35.5. The number of carbonyl (C=O) groups is 3. The smallest absolute Gasteiger partial charge is 0.251 e. The Kier molecular flexibility index (Phi) is 21.7. The molecule has 2 amide bonds. The summed E-state index contributed by atoms with van der Waals surface area (Å²) in [5.41, 5.74) is 15.3. The van der Waals surface area contributed by atoms with Crippen LogP contribution in [-0.4, -0.2) is 148 Å². The zero-order valence-corrected chi connectivity index (χ0v) is 35.3. The number of hydrogen-bond donors (Lipinski definition) is 6. The van der Waals surface area contributed by atoms with E-state index in [1.165, 1.54) is 0 Å². The van der Waals surface area contributed by atoms with Crippen LogP contribution in [0, 0.1) is 5.92 Å². The van der Waals surface area contributed by atoms with Crippen molar-refractivity contribution < 1.29 is 48.0 Å². The molecule has 1 atom stereocenters. The molecule has 0 aliphatic carbocycles. The van der Waals surface area contributed by atoms with Gasteiger partial charge in [-0.25, -0.2) is 9.97 Å². The summed E-state index contributed by atoms with van der Waals surface area (Å²) in [5, 5.41) is 23.2. The van der Waals surface area contributed by atoms with Crippen LogP contribution < -0.4 is 22.1 Å². The van der Waals surface area contributed by atoms with E-state index in [4.69, 9.17) is 52.2 Å². The van der Waals surface area contributed by atoms with Crippen LogP contribution in [0.25, 0.3) is 0 Å². The van der Waals surface area contributed by atoms with E-state index in [1.807, 2.05) is 48.5 Å². The number of rotatable bonds is 29. The second-order valence-corrected chi connectivity index (χ2v) is 15.3. The Labute approximate surface area is 357 Å². The maximum atomic E-state index is 13.4. The van der Waals surface area contributed by atoms with Gasteiger partial charge in [-0.3, -0.25) is 14.4 Å². The quantitative estimate of drug-likeness (QED) is 0.0336. The molecule has 1 unspecified atom stereocenters. The number of carbonyl (C=O) groups excluding carboxylic acids is 3. The Bertz CT molecular complexity index is 1670. The van der Waals surface area contributed by atoms with Crippen LogP contribution in [0.2, 0.25) is 5.15 Å². The molecule has 16 nitrogen and oxygen atoms in total. The number of quaternary nitrogens is 1. The normalized spacial score (nSPS) is 14.8. The second-order valence-electron chi connectivity index (χ2n) is 15.0. The molecule has 2 aromatic carbocycles. The fraction of sp³-hybridized carbons (Fsp3) is 0.558. The first kappa shape index (κ1) is 48.4. The SMILES string of the molecule is Nc1nc(N)c(C(=O)CC2CCC[N+](CCCc3ccc(C(=O)NCCOCCOCCO)cc3)(CCCc3ccc(C(=O)NCCOCCOCCO)cc3)C2)nc1Cl. The van der Waals surface area contributed by atoms with Gasteiger partial charge in [0.25, 0.3) is 11.8 Å². The average Bonchev–Trinajstić information content (AvgIpc) is 3.24.